The fourth-order valence-electron chi connectivity index (χ4n) is 2.25. The smallest absolute Gasteiger partial charge is 0.0914 e. The predicted octanol–water partition coefficient (Wildman–Crippen LogP) is 1.90. The Morgan fingerprint density at radius 3 is 2.39 bits per heavy atom. The van der Waals surface area contributed by atoms with Gasteiger partial charge in [-0.25, -0.2) is 0 Å². The molecule has 1 aromatic carbocycles. The Labute approximate surface area is 111 Å². The van der Waals surface area contributed by atoms with E-state index in [-0.39, 0.29) is 5.41 Å². The number of hydrogen-bond acceptors (Lipinski definition) is 3. The van der Waals surface area contributed by atoms with Crippen molar-refractivity contribution in [2.75, 3.05) is 33.7 Å². The van der Waals surface area contributed by atoms with E-state index in [0.29, 0.717) is 6.54 Å². The summed E-state index contributed by atoms with van der Waals surface area (Å²) < 4.78 is 0. The van der Waals surface area contributed by atoms with Crippen LogP contribution < -0.4 is 5.32 Å². The fourth-order valence-corrected chi connectivity index (χ4v) is 2.25. The van der Waals surface area contributed by atoms with Gasteiger partial charge in [-0.1, -0.05) is 44.2 Å². The highest BCUT2D eigenvalue weighted by molar-refractivity contribution is 5.17. The van der Waals surface area contributed by atoms with Crippen molar-refractivity contribution < 1.29 is 5.11 Å². The molecule has 2 N–H and O–H groups in total. The van der Waals surface area contributed by atoms with Crippen molar-refractivity contribution in [3.8, 4) is 0 Å². The summed E-state index contributed by atoms with van der Waals surface area (Å²) >= 11 is 0. The zero-order chi connectivity index (χ0) is 13.6. The molecule has 0 radical (unpaired) electrons. The second-order valence-electron chi connectivity index (χ2n) is 5.96. The van der Waals surface area contributed by atoms with E-state index in [4.69, 9.17) is 0 Å². The van der Waals surface area contributed by atoms with E-state index in [1.54, 1.807) is 0 Å². The van der Waals surface area contributed by atoms with Crippen LogP contribution in [0.5, 0.6) is 0 Å². The maximum atomic E-state index is 10.0. The molecule has 0 heterocycles. The molecule has 0 spiro atoms. The summed E-state index contributed by atoms with van der Waals surface area (Å²) in [6.45, 7) is 6.99. The molecule has 0 aliphatic rings. The summed E-state index contributed by atoms with van der Waals surface area (Å²) in [5.41, 5.74) is 1.18. The van der Waals surface area contributed by atoms with E-state index in [9.17, 15) is 5.11 Å². The molecule has 3 heteroatoms. The van der Waals surface area contributed by atoms with Crippen LogP contribution in [0.4, 0.5) is 0 Å². The molecule has 0 unspecified atom stereocenters. The van der Waals surface area contributed by atoms with Crippen molar-refractivity contribution in [3.63, 3.8) is 0 Å². The summed E-state index contributed by atoms with van der Waals surface area (Å²) in [6.07, 6.45) is -0.429. The highest BCUT2D eigenvalue weighted by Crippen LogP contribution is 2.15. The van der Waals surface area contributed by atoms with Crippen LogP contribution in [0.25, 0.3) is 0 Å². The Morgan fingerprint density at radius 2 is 1.83 bits per heavy atom. The van der Waals surface area contributed by atoms with Gasteiger partial charge < -0.3 is 15.3 Å². The van der Waals surface area contributed by atoms with Crippen molar-refractivity contribution in [1.82, 2.24) is 10.2 Å². The van der Waals surface area contributed by atoms with Gasteiger partial charge in [0.15, 0.2) is 0 Å². The van der Waals surface area contributed by atoms with Gasteiger partial charge in [0, 0.05) is 19.6 Å². The summed E-state index contributed by atoms with van der Waals surface area (Å²) in [5, 5.41) is 13.4. The Hall–Kier alpha value is -0.900. The molecule has 102 valence electrons. The Morgan fingerprint density at radius 1 is 1.22 bits per heavy atom. The minimum atomic E-state index is -0.429. The van der Waals surface area contributed by atoms with Crippen molar-refractivity contribution in [1.29, 1.82) is 0 Å². The first-order chi connectivity index (χ1) is 8.41. The van der Waals surface area contributed by atoms with Gasteiger partial charge in [-0.15, -0.1) is 0 Å². The number of nitrogens with one attached hydrogen (secondary N) is 1. The molecular formula is C15H26N2O. The number of hydrogen-bond donors (Lipinski definition) is 2. The number of aliphatic hydroxyl groups excluding tert-OH is 1. The van der Waals surface area contributed by atoms with Crippen molar-refractivity contribution in [3.05, 3.63) is 35.9 Å². The summed E-state index contributed by atoms with van der Waals surface area (Å²) in [6, 6.07) is 9.78. The van der Waals surface area contributed by atoms with Gasteiger partial charge >= 0.3 is 0 Å². The lowest BCUT2D eigenvalue weighted by molar-refractivity contribution is 0.162. The largest absolute Gasteiger partial charge is 0.387 e. The topological polar surface area (TPSA) is 35.5 Å². The van der Waals surface area contributed by atoms with E-state index in [2.05, 4.69) is 38.2 Å². The lowest BCUT2D eigenvalue weighted by Crippen LogP contribution is -2.38. The first kappa shape index (κ1) is 15.2. The van der Waals surface area contributed by atoms with E-state index in [0.717, 1.165) is 18.7 Å². The molecule has 1 aromatic rings. The highest BCUT2D eigenvalue weighted by Gasteiger charge is 2.18. The lowest BCUT2D eigenvalue weighted by Gasteiger charge is -2.29. The Balaban J connectivity index is 2.33. The summed E-state index contributed by atoms with van der Waals surface area (Å²) in [5.74, 6) is 0. The normalized spacial score (nSPS) is 13.9. The number of aliphatic hydroxyl groups is 1. The molecule has 3 nitrogen and oxygen atoms in total. The van der Waals surface area contributed by atoms with Crippen LogP contribution in [0.15, 0.2) is 30.3 Å². The summed E-state index contributed by atoms with van der Waals surface area (Å²) in [4.78, 5) is 2.19. The third-order valence-electron chi connectivity index (χ3n) is 2.87. The third-order valence-corrected chi connectivity index (χ3v) is 2.87. The standard InChI is InChI=1S/C15H26N2O/c1-15(2,12-17(3)4)11-16-10-14(18)13-8-6-5-7-9-13/h5-9,14,16,18H,10-12H2,1-4H3/t14-/m1/s1. The first-order valence-corrected chi connectivity index (χ1v) is 6.49. The molecule has 0 amide bonds. The Bertz CT molecular complexity index is 336. The Kier molecular flexibility index (Phi) is 5.79. The van der Waals surface area contributed by atoms with Crippen LogP contribution in [-0.4, -0.2) is 43.7 Å². The highest BCUT2D eigenvalue weighted by atomic mass is 16.3. The predicted molar refractivity (Wildman–Crippen MR) is 76.6 cm³/mol. The number of benzene rings is 1. The van der Waals surface area contributed by atoms with Gasteiger partial charge in [-0.3, -0.25) is 0 Å². The monoisotopic (exact) mass is 250 g/mol. The van der Waals surface area contributed by atoms with Crippen LogP contribution in [0.1, 0.15) is 25.5 Å². The molecular weight excluding hydrogens is 224 g/mol. The molecule has 0 bridgehead atoms. The maximum Gasteiger partial charge on any atom is 0.0914 e. The first-order valence-electron chi connectivity index (χ1n) is 6.49. The SMILES string of the molecule is CN(C)CC(C)(C)CNC[C@@H](O)c1ccccc1. The zero-order valence-corrected chi connectivity index (χ0v) is 12.0. The average molecular weight is 250 g/mol. The quantitative estimate of drug-likeness (QED) is 0.776. The second kappa shape index (κ2) is 6.88. The number of nitrogens with zero attached hydrogens (tertiary/aromatic N) is 1. The minimum absolute atomic E-state index is 0.208. The maximum absolute atomic E-state index is 10.0. The van der Waals surface area contributed by atoms with Gasteiger partial charge in [0.05, 0.1) is 6.10 Å². The van der Waals surface area contributed by atoms with E-state index < -0.39 is 6.10 Å². The molecule has 0 aliphatic heterocycles. The fraction of sp³-hybridized carbons (Fsp3) is 0.600. The average Bonchev–Trinajstić information content (AvgIpc) is 2.28. The van der Waals surface area contributed by atoms with E-state index in [1.165, 1.54) is 0 Å². The van der Waals surface area contributed by atoms with E-state index >= 15 is 0 Å². The molecule has 0 saturated carbocycles. The van der Waals surface area contributed by atoms with Crippen molar-refractivity contribution in [2.24, 2.45) is 5.41 Å². The van der Waals surface area contributed by atoms with Crippen LogP contribution in [0.3, 0.4) is 0 Å². The van der Waals surface area contributed by atoms with Crippen molar-refractivity contribution in [2.45, 2.75) is 20.0 Å². The van der Waals surface area contributed by atoms with Gasteiger partial charge in [0.2, 0.25) is 0 Å². The second-order valence-corrected chi connectivity index (χ2v) is 5.96. The van der Waals surface area contributed by atoms with E-state index in [1.807, 2.05) is 30.3 Å². The molecule has 0 aliphatic carbocycles. The molecule has 0 aromatic heterocycles. The van der Waals surface area contributed by atoms with Crippen LogP contribution in [-0.2, 0) is 0 Å². The van der Waals surface area contributed by atoms with Crippen LogP contribution in [0, 0.1) is 5.41 Å². The molecule has 1 rings (SSSR count). The molecule has 0 saturated heterocycles. The molecule has 18 heavy (non-hydrogen) atoms. The van der Waals surface area contributed by atoms with Crippen molar-refractivity contribution >= 4 is 0 Å². The molecule has 0 fully saturated rings. The summed E-state index contributed by atoms with van der Waals surface area (Å²) in [7, 11) is 4.17. The molecule has 1 atom stereocenters. The lowest BCUT2D eigenvalue weighted by atomic mass is 9.93. The van der Waals surface area contributed by atoms with Crippen LogP contribution in [0.2, 0.25) is 0 Å². The van der Waals surface area contributed by atoms with Gasteiger partial charge in [-0.2, -0.15) is 0 Å². The minimum Gasteiger partial charge on any atom is -0.387 e. The third kappa shape index (κ3) is 5.63. The number of rotatable bonds is 7. The van der Waals surface area contributed by atoms with Gasteiger partial charge in [0.25, 0.3) is 0 Å². The van der Waals surface area contributed by atoms with Gasteiger partial charge in [0.1, 0.15) is 0 Å². The van der Waals surface area contributed by atoms with Crippen LogP contribution >= 0.6 is 0 Å². The van der Waals surface area contributed by atoms with Gasteiger partial charge in [-0.05, 0) is 25.1 Å². The zero-order valence-electron chi connectivity index (χ0n) is 12.0.